The summed E-state index contributed by atoms with van der Waals surface area (Å²) in [4.78, 5) is 27.0. The summed E-state index contributed by atoms with van der Waals surface area (Å²) in [6.07, 6.45) is 0. The predicted octanol–water partition coefficient (Wildman–Crippen LogP) is 5.05. The van der Waals surface area contributed by atoms with Gasteiger partial charge in [-0.2, -0.15) is 0 Å². The lowest BCUT2D eigenvalue weighted by Crippen LogP contribution is -2.43. The minimum atomic E-state index is -1.26. The van der Waals surface area contributed by atoms with E-state index in [-0.39, 0.29) is 16.1 Å². The maximum Gasteiger partial charge on any atom is 0.258 e. The molecule has 154 valence electrons. The van der Waals surface area contributed by atoms with Gasteiger partial charge in [-0.25, -0.2) is 8.78 Å². The van der Waals surface area contributed by atoms with E-state index >= 15 is 0 Å². The van der Waals surface area contributed by atoms with Crippen molar-refractivity contribution < 1.29 is 18.4 Å². The van der Waals surface area contributed by atoms with Gasteiger partial charge in [0.2, 0.25) is 5.91 Å². The van der Waals surface area contributed by atoms with Crippen molar-refractivity contribution in [2.45, 2.75) is 19.0 Å². The molecule has 2 amide bonds. The number of amides is 2. The highest BCUT2D eigenvalue weighted by molar-refractivity contribution is 6.30. The van der Waals surface area contributed by atoms with E-state index in [1.807, 2.05) is 0 Å². The van der Waals surface area contributed by atoms with E-state index in [4.69, 9.17) is 17.3 Å². The van der Waals surface area contributed by atoms with Crippen LogP contribution in [0.25, 0.3) is 0 Å². The van der Waals surface area contributed by atoms with Crippen LogP contribution in [0.1, 0.15) is 40.5 Å². The van der Waals surface area contributed by atoms with Crippen LogP contribution in [-0.4, -0.2) is 16.7 Å². The number of carbonyl (C=O) groups excluding carboxylic acids is 2. The molecule has 3 rings (SSSR count). The topological polar surface area (TPSA) is 63.4 Å². The lowest BCUT2D eigenvalue weighted by molar-refractivity contribution is -0.123. The summed E-state index contributed by atoms with van der Waals surface area (Å²) in [7, 11) is 0. The van der Waals surface area contributed by atoms with Crippen LogP contribution in [0.2, 0.25) is 5.02 Å². The molecule has 3 aromatic carbocycles. The van der Waals surface area contributed by atoms with Crippen LogP contribution in [0, 0.1) is 11.6 Å². The standard InChI is InChI=1S/C23H19ClF2N2O2/c1-14(18-13-16(24)11-12-20(18)26)28(23(30)17-9-5-6-10-19(17)25)21(22(27)29)15-7-3-2-4-8-15/h2-14,21H,1H3,(H2,27,29)/t14-,21-/m1/s1. The number of benzene rings is 3. The fourth-order valence-corrected chi connectivity index (χ4v) is 3.55. The first-order valence-corrected chi connectivity index (χ1v) is 9.55. The van der Waals surface area contributed by atoms with E-state index < -0.39 is 35.5 Å². The Kier molecular flexibility index (Phi) is 6.47. The quantitative estimate of drug-likeness (QED) is 0.597. The largest absolute Gasteiger partial charge is 0.368 e. The number of nitrogens with zero attached hydrogens (tertiary/aromatic N) is 1. The van der Waals surface area contributed by atoms with Gasteiger partial charge in [-0.05, 0) is 42.8 Å². The summed E-state index contributed by atoms with van der Waals surface area (Å²) in [5.41, 5.74) is 5.90. The van der Waals surface area contributed by atoms with Gasteiger partial charge >= 0.3 is 0 Å². The molecule has 0 saturated heterocycles. The maximum absolute atomic E-state index is 14.6. The molecule has 7 heteroatoms. The van der Waals surface area contributed by atoms with Gasteiger partial charge in [-0.15, -0.1) is 0 Å². The number of nitrogens with two attached hydrogens (primary N) is 1. The minimum Gasteiger partial charge on any atom is -0.368 e. The fraction of sp³-hybridized carbons (Fsp3) is 0.130. The van der Waals surface area contributed by atoms with Gasteiger partial charge in [0.15, 0.2) is 0 Å². The molecule has 0 radical (unpaired) electrons. The van der Waals surface area contributed by atoms with Crippen LogP contribution in [0.4, 0.5) is 8.78 Å². The van der Waals surface area contributed by atoms with Crippen molar-refractivity contribution in [1.29, 1.82) is 0 Å². The zero-order valence-electron chi connectivity index (χ0n) is 16.1. The number of primary amides is 1. The number of rotatable bonds is 6. The van der Waals surface area contributed by atoms with Gasteiger partial charge in [-0.1, -0.05) is 54.1 Å². The van der Waals surface area contributed by atoms with Crippen molar-refractivity contribution in [2.24, 2.45) is 5.73 Å². The third-order valence-electron chi connectivity index (χ3n) is 4.83. The first kappa shape index (κ1) is 21.5. The van der Waals surface area contributed by atoms with Gasteiger partial charge in [0.25, 0.3) is 5.91 Å². The molecule has 0 bridgehead atoms. The summed E-state index contributed by atoms with van der Waals surface area (Å²) in [5, 5.41) is 0.256. The van der Waals surface area contributed by atoms with E-state index in [9.17, 15) is 18.4 Å². The van der Waals surface area contributed by atoms with Crippen molar-refractivity contribution in [3.05, 3.63) is 106 Å². The second kappa shape index (κ2) is 9.05. The molecule has 0 fully saturated rings. The Morgan fingerprint density at radius 3 is 2.20 bits per heavy atom. The van der Waals surface area contributed by atoms with Crippen molar-refractivity contribution in [3.63, 3.8) is 0 Å². The molecule has 0 aliphatic carbocycles. The molecule has 4 nitrogen and oxygen atoms in total. The lowest BCUT2D eigenvalue weighted by Gasteiger charge is -2.36. The normalized spacial score (nSPS) is 12.8. The molecule has 2 atom stereocenters. The number of hydrogen-bond donors (Lipinski definition) is 1. The summed E-state index contributed by atoms with van der Waals surface area (Å²) in [6, 6.07) is 15.4. The highest BCUT2D eigenvalue weighted by Crippen LogP contribution is 2.34. The Hall–Kier alpha value is -3.25. The van der Waals surface area contributed by atoms with Crippen molar-refractivity contribution in [1.82, 2.24) is 4.90 Å². The molecular weight excluding hydrogens is 410 g/mol. The third kappa shape index (κ3) is 4.33. The molecule has 0 spiro atoms. The van der Waals surface area contributed by atoms with Crippen molar-refractivity contribution in [2.75, 3.05) is 0 Å². The number of halogens is 3. The molecule has 30 heavy (non-hydrogen) atoms. The van der Waals surface area contributed by atoms with Gasteiger partial charge in [0.05, 0.1) is 11.6 Å². The first-order valence-electron chi connectivity index (χ1n) is 9.17. The summed E-state index contributed by atoms with van der Waals surface area (Å²) in [6.45, 7) is 1.53. The van der Waals surface area contributed by atoms with E-state index in [0.717, 1.165) is 11.0 Å². The van der Waals surface area contributed by atoms with Gasteiger partial charge in [0, 0.05) is 10.6 Å². The van der Waals surface area contributed by atoms with Crippen LogP contribution in [0.5, 0.6) is 0 Å². The average Bonchev–Trinajstić information content (AvgIpc) is 2.73. The van der Waals surface area contributed by atoms with Crippen LogP contribution in [0.15, 0.2) is 72.8 Å². The van der Waals surface area contributed by atoms with Gasteiger partial charge < -0.3 is 10.6 Å². The Morgan fingerprint density at radius 1 is 0.933 bits per heavy atom. The molecule has 0 heterocycles. The van der Waals surface area contributed by atoms with E-state index in [2.05, 4.69) is 0 Å². The SMILES string of the molecule is C[C@H](c1cc(Cl)ccc1F)N(C(=O)c1ccccc1F)[C@@H](C(N)=O)c1ccccc1. The molecule has 2 N–H and O–H groups in total. The van der Waals surface area contributed by atoms with Gasteiger partial charge in [-0.3, -0.25) is 9.59 Å². The minimum absolute atomic E-state index is 0.0781. The van der Waals surface area contributed by atoms with Crippen LogP contribution < -0.4 is 5.73 Å². The predicted molar refractivity (Wildman–Crippen MR) is 111 cm³/mol. The van der Waals surface area contributed by atoms with E-state index in [1.165, 1.54) is 43.3 Å². The summed E-state index contributed by atoms with van der Waals surface area (Å²) >= 11 is 6.02. The number of hydrogen-bond acceptors (Lipinski definition) is 2. The zero-order chi connectivity index (χ0) is 21.8. The Bertz CT molecular complexity index is 1080. The maximum atomic E-state index is 14.6. The van der Waals surface area contributed by atoms with Crippen molar-refractivity contribution in [3.8, 4) is 0 Å². The molecule has 0 unspecified atom stereocenters. The smallest absolute Gasteiger partial charge is 0.258 e. The fourth-order valence-electron chi connectivity index (χ4n) is 3.37. The highest BCUT2D eigenvalue weighted by atomic mass is 35.5. The third-order valence-corrected chi connectivity index (χ3v) is 5.06. The Labute approximate surface area is 177 Å². The Morgan fingerprint density at radius 2 is 1.57 bits per heavy atom. The average molecular weight is 429 g/mol. The van der Waals surface area contributed by atoms with E-state index in [0.29, 0.717) is 5.56 Å². The van der Waals surface area contributed by atoms with E-state index in [1.54, 1.807) is 30.3 Å². The molecule has 0 aliphatic rings. The Balaban J connectivity index is 2.20. The summed E-state index contributed by atoms with van der Waals surface area (Å²) in [5.74, 6) is -3.01. The first-order chi connectivity index (χ1) is 14.3. The van der Waals surface area contributed by atoms with Crippen LogP contribution in [-0.2, 0) is 4.79 Å². The van der Waals surface area contributed by atoms with Gasteiger partial charge in [0.1, 0.15) is 17.7 Å². The molecule has 3 aromatic rings. The lowest BCUT2D eigenvalue weighted by atomic mass is 9.97. The molecule has 0 aromatic heterocycles. The second-order valence-corrected chi connectivity index (χ2v) is 7.19. The molecule has 0 saturated carbocycles. The zero-order valence-corrected chi connectivity index (χ0v) is 16.8. The molecule has 0 aliphatic heterocycles. The number of carbonyl (C=O) groups is 2. The summed E-state index contributed by atoms with van der Waals surface area (Å²) < 4.78 is 29.0. The molecular formula is C23H19ClF2N2O2. The second-order valence-electron chi connectivity index (χ2n) is 6.75. The van der Waals surface area contributed by atoms with Crippen LogP contribution >= 0.6 is 11.6 Å². The van der Waals surface area contributed by atoms with Crippen molar-refractivity contribution >= 4 is 23.4 Å². The highest BCUT2D eigenvalue weighted by Gasteiger charge is 2.36. The van der Waals surface area contributed by atoms with Crippen LogP contribution in [0.3, 0.4) is 0 Å². The monoisotopic (exact) mass is 428 g/mol.